The molecule has 3 fully saturated rings. The number of rotatable bonds is 7. The standard InChI is InChI=1S/C19H25ClN2O3/c1-22(19(23)21-8-7-16-14-3-2-4-15(14)16)12-5-6-18(17(20)9-12)25-11-13-10-24-13/h5-6,9,13-16H,2-4,7-8,10-11H2,1H3,(H,21,23). The quantitative estimate of drug-likeness (QED) is 0.750. The molecule has 4 rings (SSSR count). The van der Waals surface area contributed by atoms with Crippen molar-refractivity contribution in [1.29, 1.82) is 0 Å². The summed E-state index contributed by atoms with van der Waals surface area (Å²) < 4.78 is 10.7. The van der Waals surface area contributed by atoms with Crippen LogP contribution in [0.25, 0.3) is 0 Å². The van der Waals surface area contributed by atoms with Gasteiger partial charge in [0.25, 0.3) is 0 Å². The first-order valence-corrected chi connectivity index (χ1v) is 9.57. The second kappa shape index (κ2) is 7.04. The van der Waals surface area contributed by atoms with E-state index >= 15 is 0 Å². The van der Waals surface area contributed by atoms with Gasteiger partial charge >= 0.3 is 6.03 Å². The third-order valence-corrected chi connectivity index (χ3v) is 6.07. The first-order chi connectivity index (χ1) is 12.1. The van der Waals surface area contributed by atoms with E-state index in [9.17, 15) is 4.79 Å². The van der Waals surface area contributed by atoms with Gasteiger partial charge in [0.05, 0.1) is 11.6 Å². The van der Waals surface area contributed by atoms with Crippen LogP contribution in [0.2, 0.25) is 5.02 Å². The minimum atomic E-state index is -0.0954. The predicted octanol–water partition coefficient (Wildman–Crippen LogP) is 3.70. The third-order valence-electron chi connectivity index (χ3n) is 5.77. The summed E-state index contributed by atoms with van der Waals surface area (Å²) in [5.41, 5.74) is 0.751. The summed E-state index contributed by atoms with van der Waals surface area (Å²) >= 11 is 6.27. The molecule has 3 unspecified atom stereocenters. The number of nitrogens with one attached hydrogen (secondary N) is 1. The third kappa shape index (κ3) is 3.87. The molecule has 0 aromatic heterocycles. The number of hydrogen-bond donors (Lipinski definition) is 1. The molecule has 2 saturated carbocycles. The highest BCUT2D eigenvalue weighted by molar-refractivity contribution is 6.32. The molecule has 3 aliphatic rings. The number of urea groups is 1. The number of halogens is 1. The lowest BCUT2D eigenvalue weighted by molar-refractivity contribution is 0.247. The van der Waals surface area contributed by atoms with Gasteiger partial charge in [0.15, 0.2) is 0 Å². The molecule has 3 atom stereocenters. The van der Waals surface area contributed by atoms with Gasteiger partial charge < -0.3 is 14.8 Å². The van der Waals surface area contributed by atoms with E-state index < -0.39 is 0 Å². The summed E-state index contributed by atoms with van der Waals surface area (Å²) in [6, 6.07) is 5.31. The monoisotopic (exact) mass is 364 g/mol. The molecule has 6 heteroatoms. The maximum Gasteiger partial charge on any atom is 0.321 e. The molecule has 1 saturated heterocycles. The van der Waals surface area contributed by atoms with Crippen molar-refractivity contribution >= 4 is 23.3 Å². The lowest BCUT2D eigenvalue weighted by Crippen LogP contribution is -2.38. The Hall–Kier alpha value is -1.46. The van der Waals surface area contributed by atoms with E-state index in [-0.39, 0.29) is 12.1 Å². The predicted molar refractivity (Wildman–Crippen MR) is 97.4 cm³/mol. The van der Waals surface area contributed by atoms with Crippen LogP contribution in [-0.2, 0) is 4.74 Å². The number of ether oxygens (including phenoxy) is 2. The van der Waals surface area contributed by atoms with Crippen molar-refractivity contribution in [2.45, 2.75) is 31.8 Å². The summed E-state index contributed by atoms with van der Waals surface area (Å²) in [5, 5.41) is 3.52. The Morgan fingerprint density at radius 1 is 1.40 bits per heavy atom. The van der Waals surface area contributed by atoms with Crippen molar-refractivity contribution in [2.75, 3.05) is 31.7 Å². The Labute approximate surface area is 153 Å². The van der Waals surface area contributed by atoms with Crippen LogP contribution in [-0.4, -0.2) is 38.9 Å². The molecule has 0 bridgehead atoms. The van der Waals surface area contributed by atoms with E-state index in [1.54, 1.807) is 24.1 Å². The number of nitrogens with zero attached hydrogens (tertiary/aromatic N) is 1. The average Bonchev–Trinajstić information content (AvgIpc) is 3.51. The van der Waals surface area contributed by atoms with E-state index in [4.69, 9.17) is 21.1 Å². The molecule has 1 aliphatic heterocycles. The van der Waals surface area contributed by atoms with Gasteiger partial charge in [-0.2, -0.15) is 0 Å². The minimum absolute atomic E-state index is 0.0954. The molecule has 1 aromatic rings. The summed E-state index contributed by atoms with van der Waals surface area (Å²) in [6.07, 6.45) is 5.47. The zero-order valence-corrected chi connectivity index (χ0v) is 15.3. The minimum Gasteiger partial charge on any atom is -0.489 e. The highest BCUT2D eigenvalue weighted by Gasteiger charge is 2.51. The van der Waals surface area contributed by atoms with Gasteiger partial charge in [0.1, 0.15) is 18.5 Å². The number of fused-ring (bicyclic) bond motifs is 1. The van der Waals surface area contributed by atoms with E-state index in [1.165, 1.54) is 19.3 Å². The van der Waals surface area contributed by atoms with Crippen LogP contribution in [0.5, 0.6) is 5.75 Å². The zero-order valence-electron chi connectivity index (χ0n) is 14.5. The summed E-state index contributed by atoms with van der Waals surface area (Å²) in [4.78, 5) is 13.9. The first kappa shape index (κ1) is 17.0. The van der Waals surface area contributed by atoms with Crippen LogP contribution >= 0.6 is 11.6 Å². The molecule has 2 amide bonds. The second-order valence-electron chi connectivity index (χ2n) is 7.38. The van der Waals surface area contributed by atoms with Gasteiger partial charge in [-0.1, -0.05) is 18.0 Å². The van der Waals surface area contributed by atoms with Gasteiger partial charge in [-0.25, -0.2) is 4.79 Å². The van der Waals surface area contributed by atoms with E-state index in [2.05, 4.69) is 5.32 Å². The highest BCUT2D eigenvalue weighted by Crippen LogP contribution is 2.58. The SMILES string of the molecule is CN(C(=O)NCCC1C2CCCC21)c1ccc(OCC2CO2)c(Cl)c1. The smallest absolute Gasteiger partial charge is 0.321 e. The number of carbonyl (C=O) groups is 1. The molecule has 1 aromatic carbocycles. The van der Waals surface area contributed by atoms with Crippen LogP contribution in [0.3, 0.4) is 0 Å². The average molecular weight is 365 g/mol. The Morgan fingerprint density at radius 3 is 2.84 bits per heavy atom. The fourth-order valence-corrected chi connectivity index (χ4v) is 4.37. The van der Waals surface area contributed by atoms with E-state index in [0.29, 0.717) is 17.4 Å². The molecule has 25 heavy (non-hydrogen) atoms. The van der Waals surface area contributed by atoms with E-state index in [1.807, 2.05) is 6.07 Å². The molecule has 0 radical (unpaired) electrons. The lowest BCUT2D eigenvalue weighted by atomic mass is 10.1. The normalized spacial score (nSPS) is 29.0. The Kier molecular flexibility index (Phi) is 4.78. The number of benzene rings is 1. The number of epoxide rings is 1. The van der Waals surface area contributed by atoms with Crippen molar-refractivity contribution < 1.29 is 14.3 Å². The molecule has 136 valence electrons. The van der Waals surface area contributed by atoms with Crippen molar-refractivity contribution in [2.24, 2.45) is 17.8 Å². The molecule has 1 N–H and O–H groups in total. The van der Waals surface area contributed by atoms with Gasteiger partial charge in [0, 0.05) is 19.3 Å². The molecule has 0 spiro atoms. The van der Waals surface area contributed by atoms with E-state index in [0.717, 1.165) is 43.0 Å². The maximum atomic E-state index is 12.3. The molecular weight excluding hydrogens is 340 g/mol. The van der Waals surface area contributed by atoms with Gasteiger partial charge in [-0.3, -0.25) is 4.90 Å². The van der Waals surface area contributed by atoms with Crippen molar-refractivity contribution in [3.8, 4) is 5.75 Å². The topological polar surface area (TPSA) is 54.1 Å². The van der Waals surface area contributed by atoms with Crippen LogP contribution in [0, 0.1) is 17.8 Å². The van der Waals surface area contributed by atoms with Crippen molar-refractivity contribution in [1.82, 2.24) is 5.32 Å². The van der Waals surface area contributed by atoms with Crippen molar-refractivity contribution in [3.05, 3.63) is 23.2 Å². The number of amides is 2. The van der Waals surface area contributed by atoms with Gasteiger partial charge in [0.2, 0.25) is 0 Å². The fraction of sp³-hybridized carbons (Fsp3) is 0.632. The lowest BCUT2D eigenvalue weighted by Gasteiger charge is -2.19. The van der Waals surface area contributed by atoms with Crippen LogP contribution in [0.4, 0.5) is 10.5 Å². The van der Waals surface area contributed by atoms with Gasteiger partial charge in [-0.05, 0) is 55.2 Å². The van der Waals surface area contributed by atoms with Crippen LogP contribution in [0.15, 0.2) is 18.2 Å². The second-order valence-corrected chi connectivity index (χ2v) is 7.79. The molecule has 2 aliphatic carbocycles. The number of hydrogen-bond acceptors (Lipinski definition) is 3. The molecule has 5 nitrogen and oxygen atoms in total. The zero-order chi connectivity index (χ0) is 17.4. The largest absolute Gasteiger partial charge is 0.489 e. The summed E-state index contributed by atoms with van der Waals surface area (Å²) in [6.45, 7) is 2.01. The Bertz CT molecular complexity index is 640. The summed E-state index contributed by atoms with van der Waals surface area (Å²) in [7, 11) is 1.76. The Balaban J connectivity index is 1.25. The first-order valence-electron chi connectivity index (χ1n) is 9.19. The Morgan fingerprint density at radius 2 is 2.16 bits per heavy atom. The fourth-order valence-electron chi connectivity index (χ4n) is 4.14. The molecular formula is C19H25ClN2O3. The molecule has 1 heterocycles. The van der Waals surface area contributed by atoms with Crippen molar-refractivity contribution in [3.63, 3.8) is 0 Å². The summed E-state index contributed by atoms with van der Waals surface area (Å²) in [5.74, 6) is 3.36. The van der Waals surface area contributed by atoms with Crippen LogP contribution in [0.1, 0.15) is 25.7 Å². The van der Waals surface area contributed by atoms with Gasteiger partial charge in [-0.15, -0.1) is 0 Å². The highest BCUT2D eigenvalue weighted by atomic mass is 35.5. The maximum absolute atomic E-state index is 12.3. The van der Waals surface area contributed by atoms with Crippen LogP contribution < -0.4 is 15.0 Å². The number of anilines is 1. The number of carbonyl (C=O) groups excluding carboxylic acids is 1.